The molecule has 0 heterocycles. The van der Waals surface area contributed by atoms with Crippen molar-refractivity contribution in [2.75, 3.05) is 12.4 Å². The van der Waals surface area contributed by atoms with Gasteiger partial charge >= 0.3 is 0 Å². The molecular formula is C15H26N2O2S. The minimum Gasteiger partial charge on any atom is -0.388 e. The quantitative estimate of drug-likeness (QED) is 0.735. The lowest BCUT2D eigenvalue weighted by Crippen LogP contribution is -2.34. The van der Waals surface area contributed by atoms with Gasteiger partial charge in [0.25, 0.3) is 0 Å². The van der Waals surface area contributed by atoms with Gasteiger partial charge in [-0.15, -0.1) is 0 Å². The third-order valence-corrected chi connectivity index (χ3v) is 4.85. The SMILES string of the molecule is CCCCC(CCC)NS(=O)(=O)c1ccc(NC)cc1. The lowest BCUT2D eigenvalue weighted by molar-refractivity contribution is 0.483. The van der Waals surface area contributed by atoms with E-state index in [0.717, 1.165) is 37.8 Å². The van der Waals surface area contributed by atoms with Crippen LogP contribution in [0.5, 0.6) is 0 Å². The standard InChI is InChI=1S/C15H26N2O2S/c1-4-6-8-14(7-5-2)17-20(18,19)15-11-9-13(16-3)10-12-15/h9-12,14,16-17H,4-8H2,1-3H3. The molecule has 4 nitrogen and oxygen atoms in total. The highest BCUT2D eigenvalue weighted by Gasteiger charge is 2.19. The molecule has 0 bridgehead atoms. The van der Waals surface area contributed by atoms with Gasteiger partial charge in [0.1, 0.15) is 0 Å². The van der Waals surface area contributed by atoms with E-state index in [9.17, 15) is 8.42 Å². The third-order valence-electron chi connectivity index (χ3n) is 3.32. The topological polar surface area (TPSA) is 58.2 Å². The molecule has 0 radical (unpaired) electrons. The van der Waals surface area contributed by atoms with E-state index in [-0.39, 0.29) is 6.04 Å². The first kappa shape index (κ1) is 17.0. The molecule has 0 aliphatic rings. The first-order valence-corrected chi connectivity index (χ1v) is 8.82. The van der Waals surface area contributed by atoms with Crippen LogP contribution in [0.3, 0.4) is 0 Å². The summed E-state index contributed by atoms with van der Waals surface area (Å²) in [6, 6.07) is 6.85. The predicted octanol–water partition coefficient (Wildman–Crippen LogP) is 3.37. The molecule has 1 rings (SSSR count). The third kappa shape index (κ3) is 5.13. The lowest BCUT2D eigenvalue weighted by Gasteiger charge is -2.18. The normalized spacial score (nSPS) is 13.2. The van der Waals surface area contributed by atoms with Gasteiger partial charge in [0.15, 0.2) is 0 Å². The van der Waals surface area contributed by atoms with E-state index in [4.69, 9.17) is 0 Å². The van der Waals surface area contributed by atoms with Crippen LogP contribution in [-0.4, -0.2) is 21.5 Å². The molecule has 0 saturated heterocycles. The number of benzene rings is 1. The molecule has 1 unspecified atom stereocenters. The zero-order chi connectivity index (χ0) is 15.0. The van der Waals surface area contributed by atoms with Crippen LogP contribution in [0.15, 0.2) is 29.2 Å². The van der Waals surface area contributed by atoms with Crippen LogP contribution in [0.2, 0.25) is 0 Å². The van der Waals surface area contributed by atoms with Crippen molar-refractivity contribution in [2.45, 2.75) is 56.9 Å². The molecule has 2 N–H and O–H groups in total. The molecular weight excluding hydrogens is 272 g/mol. The predicted molar refractivity (Wildman–Crippen MR) is 84.5 cm³/mol. The molecule has 1 aromatic rings. The molecule has 0 spiro atoms. The minimum atomic E-state index is -3.41. The van der Waals surface area contributed by atoms with Crippen LogP contribution in [0.1, 0.15) is 46.0 Å². The monoisotopic (exact) mass is 298 g/mol. The summed E-state index contributed by atoms with van der Waals surface area (Å²) in [6.45, 7) is 4.20. The number of hydrogen-bond acceptors (Lipinski definition) is 3. The number of hydrogen-bond donors (Lipinski definition) is 2. The number of unbranched alkanes of at least 4 members (excludes halogenated alkanes) is 1. The Morgan fingerprint density at radius 2 is 1.70 bits per heavy atom. The minimum absolute atomic E-state index is 0.0360. The molecule has 0 saturated carbocycles. The van der Waals surface area contributed by atoms with Crippen LogP contribution < -0.4 is 10.0 Å². The van der Waals surface area contributed by atoms with Crippen molar-refractivity contribution in [1.82, 2.24) is 4.72 Å². The number of anilines is 1. The fraction of sp³-hybridized carbons (Fsp3) is 0.600. The van der Waals surface area contributed by atoms with E-state index in [1.807, 2.05) is 7.05 Å². The molecule has 1 atom stereocenters. The van der Waals surface area contributed by atoms with Crippen molar-refractivity contribution >= 4 is 15.7 Å². The Hall–Kier alpha value is -1.07. The first-order chi connectivity index (χ1) is 9.53. The van der Waals surface area contributed by atoms with E-state index < -0.39 is 10.0 Å². The van der Waals surface area contributed by atoms with Gasteiger partial charge in [-0.1, -0.05) is 33.1 Å². The molecule has 5 heteroatoms. The second kappa shape index (κ2) is 8.27. The molecule has 114 valence electrons. The maximum Gasteiger partial charge on any atom is 0.240 e. The maximum absolute atomic E-state index is 12.3. The summed E-state index contributed by atoms with van der Waals surface area (Å²) in [5, 5.41) is 2.98. The summed E-state index contributed by atoms with van der Waals surface area (Å²) in [6.07, 6.45) is 4.90. The smallest absolute Gasteiger partial charge is 0.240 e. The second-order valence-electron chi connectivity index (χ2n) is 5.02. The Morgan fingerprint density at radius 1 is 1.05 bits per heavy atom. The Morgan fingerprint density at radius 3 is 2.20 bits per heavy atom. The average Bonchev–Trinajstić information content (AvgIpc) is 2.45. The zero-order valence-electron chi connectivity index (χ0n) is 12.6. The lowest BCUT2D eigenvalue weighted by atomic mass is 10.1. The van der Waals surface area contributed by atoms with Gasteiger partial charge in [-0.25, -0.2) is 13.1 Å². The maximum atomic E-state index is 12.3. The number of rotatable bonds is 9. The van der Waals surface area contributed by atoms with Crippen LogP contribution >= 0.6 is 0 Å². The van der Waals surface area contributed by atoms with Crippen LogP contribution in [0.25, 0.3) is 0 Å². The second-order valence-corrected chi connectivity index (χ2v) is 6.74. The van der Waals surface area contributed by atoms with E-state index >= 15 is 0 Å². The van der Waals surface area contributed by atoms with Gasteiger partial charge < -0.3 is 5.32 Å². The Bertz CT molecular complexity index is 483. The van der Waals surface area contributed by atoms with Gasteiger partial charge in [0.2, 0.25) is 10.0 Å². The Balaban J connectivity index is 2.79. The van der Waals surface area contributed by atoms with Crippen molar-refractivity contribution in [3.63, 3.8) is 0 Å². The summed E-state index contributed by atoms with van der Waals surface area (Å²) < 4.78 is 27.5. The highest BCUT2D eigenvalue weighted by molar-refractivity contribution is 7.89. The summed E-state index contributed by atoms with van der Waals surface area (Å²) >= 11 is 0. The summed E-state index contributed by atoms with van der Waals surface area (Å²) in [4.78, 5) is 0.328. The average molecular weight is 298 g/mol. The highest BCUT2D eigenvalue weighted by Crippen LogP contribution is 2.16. The fourth-order valence-electron chi connectivity index (χ4n) is 2.15. The molecule has 0 amide bonds. The van der Waals surface area contributed by atoms with E-state index in [2.05, 4.69) is 23.9 Å². The highest BCUT2D eigenvalue weighted by atomic mass is 32.2. The molecule has 0 aromatic heterocycles. The summed E-state index contributed by atoms with van der Waals surface area (Å²) in [5.41, 5.74) is 0.903. The summed E-state index contributed by atoms with van der Waals surface area (Å²) in [5.74, 6) is 0. The van der Waals surface area contributed by atoms with Gasteiger partial charge in [0.05, 0.1) is 4.90 Å². The van der Waals surface area contributed by atoms with E-state index in [0.29, 0.717) is 4.90 Å². The van der Waals surface area contributed by atoms with Crippen molar-refractivity contribution < 1.29 is 8.42 Å². The molecule has 1 aromatic carbocycles. The van der Waals surface area contributed by atoms with Crippen molar-refractivity contribution in [3.8, 4) is 0 Å². The van der Waals surface area contributed by atoms with Crippen LogP contribution in [0.4, 0.5) is 5.69 Å². The van der Waals surface area contributed by atoms with Gasteiger partial charge in [0, 0.05) is 18.8 Å². The number of nitrogens with one attached hydrogen (secondary N) is 2. The first-order valence-electron chi connectivity index (χ1n) is 7.33. The fourth-order valence-corrected chi connectivity index (χ4v) is 3.45. The largest absolute Gasteiger partial charge is 0.388 e. The Kier molecular flexibility index (Phi) is 7.02. The van der Waals surface area contributed by atoms with Crippen LogP contribution in [0, 0.1) is 0 Å². The molecule has 0 aliphatic carbocycles. The van der Waals surface area contributed by atoms with Crippen molar-refractivity contribution in [1.29, 1.82) is 0 Å². The van der Waals surface area contributed by atoms with E-state index in [1.165, 1.54) is 0 Å². The molecule has 0 fully saturated rings. The summed E-state index contributed by atoms with van der Waals surface area (Å²) in [7, 11) is -1.61. The molecule has 0 aliphatic heterocycles. The van der Waals surface area contributed by atoms with Gasteiger partial charge in [-0.2, -0.15) is 0 Å². The van der Waals surface area contributed by atoms with Crippen molar-refractivity contribution in [2.24, 2.45) is 0 Å². The number of sulfonamides is 1. The zero-order valence-corrected chi connectivity index (χ0v) is 13.5. The van der Waals surface area contributed by atoms with Gasteiger partial charge in [-0.05, 0) is 37.1 Å². The van der Waals surface area contributed by atoms with E-state index in [1.54, 1.807) is 24.3 Å². The van der Waals surface area contributed by atoms with Crippen molar-refractivity contribution in [3.05, 3.63) is 24.3 Å². The van der Waals surface area contributed by atoms with Gasteiger partial charge in [-0.3, -0.25) is 0 Å². The van der Waals surface area contributed by atoms with Crippen LogP contribution in [-0.2, 0) is 10.0 Å². The molecule has 20 heavy (non-hydrogen) atoms. The Labute approximate surface area is 123 Å².